The molecule has 0 radical (unpaired) electrons. The first kappa shape index (κ1) is 9.83. The minimum atomic E-state index is 0.195. The molecule has 0 spiro atoms. The van der Waals surface area contributed by atoms with Gasteiger partial charge in [-0.05, 0) is 18.6 Å². The number of hydrogen-bond donors (Lipinski definition) is 1. The van der Waals surface area contributed by atoms with Crippen LogP contribution in [0.1, 0.15) is 31.4 Å². The number of fused-ring (bicyclic) bond motifs is 1. The Morgan fingerprint density at radius 3 is 3.20 bits per heavy atom. The zero-order valence-corrected chi connectivity index (χ0v) is 8.60. The van der Waals surface area contributed by atoms with Crippen molar-refractivity contribution in [2.24, 2.45) is 0 Å². The number of hydrogen-bond acceptors (Lipinski definition) is 3. The molecule has 0 saturated heterocycles. The highest BCUT2D eigenvalue weighted by atomic mass is 16.1. The van der Waals surface area contributed by atoms with Gasteiger partial charge in [-0.3, -0.25) is 5.10 Å². The largest absolute Gasteiger partial charge is 0.303 e. The SMILES string of the molecule is CCC(CC=O)c1n[nH]c2ncccc12. The summed E-state index contributed by atoms with van der Waals surface area (Å²) in [6.07, 6.45) is 4.11. The molecular formula is C11H13N3O. The second kappa shape index (κ2) is 4.21. The van der Waals surface area contributed by atoms with E-state index in [2.05, 4.69) is 22.1 Å². The third-order valence-electron chi connectivity index (χ3n) is 2.63. The van der Waals surface area contributed by atoms with Gasteiger partial charge in [-0.2, -0.15) is 5.10 Å². The van der Waals surface area contributed by atoms with Gasteiger partial charge in [0, 0.05) is 23.9 Å². The van der Waals surface area contributed by atoms with Crippen molar-refractivity contribution < 1.29 is 4.79 Å². The fourth-order valence-electron chi connectivity index (χ4n) is 1.77. The van der Waals surface area contributed by atoms with Crippen molar-refractivity contribution in [3.63, 3.8) is 0 Å². The molecule has 1 atom stereocenters. The number of aldehydes is 1. The van der Waals surface area contributed by atoms with Crippen LogP contribution in [0, 0.1) is 0 Å². The Hall–Kier alpha value is -1.71. The fourth-order valence-corrected chi connectivity index (χ4v) is 1.77. The molecule has 2 aromatic rings. The molecule has 4 nitrogen and oxygen atoms in total. The van der Waals surface area contributed by atoms with Crippen LogP contribution in [0.2, 0.25) is 0 Å². The predicted molar refractivity (Wildman–Crippen MR) is 57.6 cm³/mol. The number of H-pyrrole nitrogens is 1. The molecule has 78 valence electrons. The standard InChI is InChI=1S/C11H13N3O/c1-2-8(5-7-15)10-9-4-3-6-12-11(9)14-13-10/h3-4,6-8H,2,5H2,1H3,(H,12,13,14). The number of pyridine rings is 1. The molecular weight excluding hydrogens is 190 g/mol. The molecule has 0 amide bonds. The monoisotopic (exact) mass is 203 g/mol. The Balaban J connectivity index is 2.45. The van der Waals surface area contributed by atoms with Crippen LogP contribution < -0.4 is 0 Å². The third-order valence-corrected chi connectivity index (χ3v) is 2.63. The maximum absolute atomic E-state index is 10.6. The van der Waals surface area contributed by atoms with Gasteiger partial charge in [0.2, 0.25) is 0 Å². The molecule has 0 saturated carbocycles. The van der Waals surface area contributed by atoms with Crippen LogP contribution in [0.25, 0.3) is 11.0 Å². The van der Waals surface area contributed by atoms with Crippen LogP contribution in [0.3, 0.4) is 0 Å². The van der Waals surface area contributed by atoms with Crippen LogP contribution in [0.15, 0.2) is 18.3 Å². The van der Waals surface area contributed by atoms with E-state index in [9.17, 15) is 4.79 Å². The summed E-state index contributed by atoms with van der Waals surface area (Å²) >= 11 is 0. The van der Waals surface area contributed by atoms with Crippen LogP contribution >= 0.6 is 0 Å². The average molecular weight is 203 g/mol. The third kappa shape index (κ3) is 1.75. The van der Waals surface area contributed by atoms with Gasteiger partial charge in [-0.25, -0.2) is 4.98 Å². The molecule has 0 fully saturated rings. The molecule has 0 aliphatic rings. The first-order valence-electron chi connectivity index (χ1n) is 5.09. The molecule has 1 unspecified atom stereocenters. The molecule has 15 heavy (non-hydrogen) atoms. The van der Waals surface area contributed by atoms with Gasteiger partial charge < -0.3 is 4.79 Å². The number of aromatic amines is 1. The molecule has 2 heterocycles. The second-order valence-electron chi connectivity index (χ2n) is 3.52. The number of nitrogens with one attached hydrogen (secondary N) is 1. The lowest BCUT2D eigenvalue weighted by Gasteiger charge is -2.07. The minimum absolute atomic E-state index is 0.195. The fraction of sp³-hybridized carbons (Fsp3) is 0.364. The number of nitrogens with zero attached hydrogens (tertiary/aromatic N) is 2. The van der Waals surface area contributed by atoms with E-state index in [1.807, 2.05) is 12.1 Å². The van der Waals surface area contributed by atoms with E-state index in [1.165, 1.54) is 0 Å². The summed E-state index contributed by atoms with van der Waals surface area (Å²) in [6, 6.07) is 3.86. The average Bonchev–Trinajstić information content (AvgIpc) is 2.70. The minimum Gasteiger partial charge on any atom is -0.303 e. The molecule has 2 aromatic heterocycles. The van der Waals surface area contributed by atoms with Crippen LogP contribution in [-0.4, -0.2) is 21.5 Å². The lowest BCUT2D eigenvalue weighted by atomic mass is 9.97. The van der Waals surface area contributed by atoms with Gasteiger partial charge in [-0.1, -0.05) is 6.92 Å². The summed E-state index contributed by atoms with van der Waals surface area (Å²) in [6.45, 7) is 2.06. The summed E-state index contributed by atoms with van der Waals surface area (Å²) in [5.74, 6) is 0.195. The molecule has 1 N–H and O–H groups in total. The Morgan fingerprint density at radius 1 is 1.60 bits per heavy atom. The summed E-state index contributed by atoms with van der Waals surface area (Å²) in [7, 11) is 0. The van der Waals surface area contributed by atoms with Crippen molar-refractivity contribution in [3.05, 3.63) is 24.0 Å². The van der Waals surface area contributed by atoms with Crippen molar-refractivity contribution in [2.75, 3.05) is 0 Å². The van der Waals surface area contributed by atoms with Crippen molar-refractivity contribution >= 4 is 17.3 Å². The molecule has 4 heteroatoms. The summed E-state index contributed by atoms with van der Waals surface area (Å²) < 4.78 is 0. The zero-order valence-electron chi connectivity index (χ0n) is 8.60. The normalized spacial score (nSPS) is 12.9. The topological polar surface area (TPSA) is 58.6 Å². The number of rotatable bonds is 4. The van der Waals surface area contributed by atoms with Crippen molar-refractivity contribution in [3.8, 4) is 0 Å². The molecule has 0 aromatic carbocycles. The van der Waals surface area contributed by atoms with Crippen LogP contribution in [-0.2, 0) is 4.79 Å². The Bertz CT molecular complexity index is 464. The summed E-state index contributed by atoms with van der Waals surface area (Å²) in [4.78, 5) is 14.7. The van der Waals surface area contributed by atoms with Gasteiger partial charge >= 0.3 is 0 Å². The van der Waals surface area contributed by atoms with E-state index in [-0.39, 0.29) is 5.92 Å². The lowest BCUT2D eigenvalue weighted by Crippen LogP contribution is -1.99. The van der Waals surface area contributed by atoms with Gasteiger partial charge in [0.1, 0.15) is 6.29 Å². The highest BCUT2D eigenvalue weighted by Crippen LogP contribution is 2.26. The van der Waals surface area contributed by atoms with E-state index >= 15 is 0 Å². The zero-order chi connectivity index (χ0) is 10.7. The van der Waals surface area contributed by atoms with E-state index in [0.29, 0.717) is 6.42 Å². The van der Waals surface area contributed by atoms with Crippen molar-refractivity contribution in [1.82, 2.24) is 15.2 Å². The predicted octanol–water partition coefficient (Wildman–Crippen LogP) is 2.04. The quantitative estimate of drug-likeness (QED) is 0.773. The number of aromatic nitrogens is 3. The Kier molecular flexibility index (Phi) is 2.76. The van der Waals surface area contributed by atoms with Crippen LogP contribution in [0.4, 0.5) is 0 Å². The number of carbonyl (C=O) groups excluding carboxylic acids is 1. The molecule has 0 aliphatic heterocycles. The summed E-state index contributed by atoms with van der Waals surface area (Å²) in [5.41, 5.74) is 1.74. The first-order valence-corrected chi connectivity index (χ1v) is 5.09. The lowest BCUT2D eigenvalue weighted by molar-refractivity contribution is -0.108. The van der Waals surface area contributed by atoms with Gasteiger partial charge in [0.15, 0.2) is 5.65 Å². The molecule has 2 rings (SSSR count). The van der Waals surface area contributed by atoms with E-state index in [1.54, 1.807) is 6.20 Å². The van der Waals surface area contributed by atoms with E-state index in [0.717, 1.165) is 29.4 Å². The number of carbonyl (C=O) groups is 1. The van der Waals surface area contributed by atoms with Crippen molar-refractivity contribution in [2.45, 2.75) is 25.7 Å². The highest BCUT2D eigenvalue weighted by Gasteiger charge is 2.15. The van der Waals surface area contributed by atoms with Gasteiger partial charge in [0.05, 0.1) is 5.69 Å². The molecule has 0 bridgehead atoms. The van der Waals surface area contributed by atoms with Crippen LogP contribution in [0.5, 0.6) is 0 Å². The Labute approximate surface area is 87.7 Å². The van der Waals surface area contributed by atoms with E-state index < -0.39 is 0 Å². The molecule has 0 aliphatic carbocycles. The first-order chi connectivity index (χ1) is 7.36. The van der Waals surface area contributed by atoms with Gasteiger partial charge in [-0.15, -0.1) is 0 Å². The highest BCUT2D eigenvalue weighted by molar-refractivity contribution is 5.78. The smallest absolute Gasteiger partial charge is 0.155 e. The van der Waals surface area contributed by atoms with Crippen molar-refractivity contribution in [1.29, 1.82) is 0 Å². The summed E-state index contributed by atoms with van der Waals surface area (Å²) in [5, 5.41) is 8.14. The Morgan fingerprint density at radius 2 is 2.47 bits per heavy atom. The maximum atomic E-state index is 10.6. The maximum Gasteiger partial charge on any atom is 0.155 e. The second-order valence-corrected chi connectivity index (χ2v) is 3.52. The van der Waals surface area contributed by atoms with E-state index in [4.69, 9.17) is 0 Å². The van der Waals surface area contributed by atoms with Gasteiger partial charge in [0.25, 0.3) is 0 Å².